The molecule has 0 bridgehead atoms. The lowest BCUT2D eigenvalue weighted by Crippen LogP contribution is -2.41. The van der Waals surface area contributed by atoms with E-state index in [4.69, 9.17) is 0 Å². The topological polar surface area (TPSA) is 75.5 Å². The van der Waals surface area contributed by atoms with Crippen LogP contribution in [0.5, 0.6) is 0 Å². The Hall–Kier alpha value is -1.41. The molecular formula is C14H22N4O3S. The van der Waals surface area contributed by atoms with Gasteiger partial charge in [0.1, 0.15) is 4.90 Å². The zero-order valence-corrected chi connectivity index (χ0v) is 13.6. The number of rotatable bonds is 3. The second kappa shape index (κ2) is 6.00. The molecule has 2 heterocycles. The van der Waals surface area contributed by atoms with Crippen LogP contribution < -0.4 is 0 Å². The second-order valence-electron chi connectivity index (χ2n) is 6.06. The Morgan fingerprint density at radius 2 is 1.95 bits per heavy atom. The number of carbonyl (C=O) groups excluding carboxylic acids is 1. The van der Waals surface area contributed by atoms with Crippen LogP contribution in [0.1, 0.15) is 25.7 Å². The van der Waals surface area contributed by atoms with Gasteiger partial charge in [0.15, 0.2) is 0 Å². The summed E-state index contributed by atoms with van der Waals surface area (Å²) in [6.45, 7) is 1.94. The summed E-state index contributed by atoms with van der Waals surface area (Å²) in [5.74, 6) is 0.369. The highest BCUT2D eigenvalue weighted by Gasteiger charge is 2.33. The minimum absolute atomic E-state index is 0.168. The molecule has 8 heteroatoms. The summed E-state index contributed by atoms with van der Waals surface area (Å²) in [5.41, 5.74) is 0. The first-order chi connectivity index (χ1) is 10.5. The first kappa shape index (κ1) is 15.5. The van der Waals surface area contributed by atoms with E-state index in [0.29, 0.717) is 32.6 Å². The normalized spacial score (nSPS) is 21.4. The average Bonchev–Trinajstić information content (AvgIpc) is 2.72. The molecule has 0 spiro atoms. The van der Waals surface area contributed by atoms with Crippen LogP contribution in [0.15, 0.2) is 17.3 Å². The standard InChI is InChI=1S/C14H22N4O3S/c1-16-11-13(10-15-16)22(20,21)18-7-3-6-17(8-9-18)14(19)12-4-2-5-12/h10-12H,2-9H2,1H3. The number of nitrogens with zero attached hydrogens (tertiary/aromatic N) is 4. The first-order valence-electron chi connectivity index (χ1n) is 7.76. The van der Waals surface area contributed by atoms with Crippen LogP contribution in [0.4, 0.5) is 0 Å². The minimum atomic E-state index is -3.51. The molecule has 22 heavy (non-hydrogen) atoms. The molecule has 2 aliphatic rings. The molecule has 1 saturated heterocycles. The number of amides is 1. The molecule has 1 saturated carbocycles. The molecular weight excluding hydrogens is 304 g/mol. The van der Waals surface area contributed by atoms with Crippen LogP contribution in [-0.2, 0) is 21.9 Å². The largest absolute Gasteiger partial charge is 0.341 e. The summed E-state index contributed by atoms with van der Waals surface area (Å²) in [5, 5.41) is 3.93. The van der Waals surface area contributed by atoms with E-state index in [1.54, 1.807) is 7.05 Å². The van der Waals surface area contributed by atoms with Crippen molar-refractivity contribution in [2.45, 2.75) is 30.6 Å². The van der Waals surface area contributed by atoms with Gasteiger partial charge in [0.05, 0.1) is 6.20 Å². The number of sulfonamides is 1. The van der Waals surface area contributed by atoms with E-state index in [9.17, 15) is 13.2 Å². The molecule has 1 aromatic heterocycles. The molecule has 2 fully saturated rings. The molecule has 1 aliphatic carbocycles. The van der Waals surface area contributed by atoms with Crippen molar-refractivity contribution in [3.63, 3.8) is 0 Å². The van der Waals surface area contributed by atoms with Gasteiger partial charge in [-0.3, -0.25) is 9.48 Å². The lowest BCUT2D eigenvalue weighted by Gasteiger charge is -2.30. The summed E-state index contributed by atoms with van der Waals surface area (Å²) < 4.78 is 28.2. The maximum Gasteiger partial charge on any atom is 0.246 e. The van der Waals surface area contributed by atoms with Gasteiger partial charge in [-0.2, -0.15) is 9.40 Å². The Morgan fingerprint density at radius 1 is 1.18 bits per heavy atom. The number of aryl methyl sites for hydroxylation is 1. The quantitative estimate of drug-likeness (QED) is 0.808. The molecule has 1 aromatic rings. The molecule has 122 valence electrons. The third-order valence-corrected chi connectivity index (χ3v) is 6.39. The number of carbonyl (C=O) groups is 1. The molecule has 0 unspecified atom stereocenters. The predicted octanol–water partition coefficient (Wildman–Crippen LogP) is 0.443. The Morgan fingerprint density at radius 3 is 2.55 bits per heavy atom. The zero-order valence-electron chi connectivity index (χ0n) is 12.8. The van der Waals surface area contributed by atoms with Crippen LogP contribution in [0, 0.1) is 5.92 Å². The van der Waals surface area contributed by atoms with Crippen molar-refractivity contribution in [1.82, 2.24) is 19.0 Å². The Balaban J connectivity index is 1.68. The Labute approximate surface area is 130 Å². The fourth-order valence-corrected chi connectivity index (χ4v) is 4.40. The third kappa shape index (κ3) is 2.89. The zero-order chi connectivity index (χ0) is 15.7. The third-order valence-electron chi connectivity index (χ3n) is 4.54. The van der Waals surface area contributed by atoms with Crippen LogP contribution in [0.3, 0.4) is 0 Å². The van der Waals surface area contributed by atoms with E-state index in [0.717, 1.165) is 19.3 Å². The van der Waals surface area contributed by atoms with Crippen molar-refractivity contribution < 1.29 is 13.2 Å². The SMILES string of the molecule is Cn1cc(S(=O)(=O)N2CCCN(C(=O)C3CCC3)CC2)cn1. The fraction of sp³-hybridized carbons (Fsp3) is 0.714. The van der Waals surface area contributed by atoms with Gasteiger partial charge in [-0.15, -0.1) is 0 Å². The number of hydrogen-bond donors (Lipinski definition) is 0. The van der Waals surface area contributed by atoms with Crippen molar-refractivity contribution in [1.29, 1.82) is 0 Å². The first-order valence-corrected chi connectivity index (χ1v) is 9.20. The molecule has 0 aromatic carbocycles. The highest BCUT2D eigenvalue weighted by molar-refractivity contribution is 7.89. The highest BCUT2D eigenvalue weighted by atomic mass is 32.2. The summed E-state index contributed by atoms with van der Waals surface area (Å²) in [6, 6.07) is 0. The predicted molar refractivity (Wildman–Crippen MR) is 80.5 cm³/mol. The smallest absolute Gasteiger partial charge is 0.246 e. The molecule has 7 nitrogen and oxygen atoms in total. The van der Waals surface area contributed by atoms with Gasteiger partial charge < -0.3 is 4.90 Å². The second-order valence-corrected chi connectivity index (χ2v) is 8.00. The van der Waals surface area contributed by atoms with Crippen molar-refractivity contribution in [2.24, 2.45) is 13.0 Å². The maximum atomic E-state index is 12.6. The van der Waals surface area contributed by atoms with Crippen molar-refractivity contribution in [3.8, 4) is 0 Å². The molecule has 1 amide bonds. The lowest BCUT2D eigenvalue weighted by molar-refractivity contribution is -0.138. The monoisotopic (exact) mass is 326 g/mol. The lowest BCUT2D eigenvalue weighted by atomic mass is 9.84. The molecule has 0 radical (unpaired) electrons. The average molecular weight is 326 g/mol. The van der Waals surface area contributed by atoms with Crippen LogP contribution in [0.25, 0.3) is 0 Å². The van der Waals surface area contributed by atoms with E-state index < -0.39 is 10.0 Å². The van der Waals surface area contributed by atoms with Gasteiger partial charge in [0.25, 0.3) is 0 Å². The molecule has 3 rings (SSSR count). The van der Waals surface area contributed by atoms with Gasteiger partial charge in [-0.05, 0) is 19.3 Å². The molecule has 1 aliphatic heterocycles. The summed E-state index contributed by atoms with van der Waals surface area (Å²) >= 11 is 0. The Kier molecular flexibility index (Phi) is 4.22. The minimum Gasteiger partial charge on any atom is -0.341 e. The molecule has 0 atom stereocenters. The van der Waals surface area contributed by atoms with E-state index >= 15 is 0 Å². The van der Waals surface area contributed by atoms with Crippen molar-refractivity contribution >= 4 is 15.9 Å². The Bertz CT molecular complexity index is 651. The summed E-state index contributed by atoms with van der Waals surface area (Å²) in [4.78, 5) is 14.4. The van der Waals surface area contributed by atoms with Gasteiger partial charge in [0.2, 0.25) is 15.9 Å². The van der Waals surface area contributed by atoms with Crippen LogP contribution >= 0.6 is 0 Å². The van der Waals surface area contributed by atoms with Gasteiger partial charge in [-0.25, -0.2) is 8.42 Å². The van der Waals surface area contributed by atoms with Gasteiger partial charge in [0, 0.05) is 45.3 Å². The summed E-state index contributed by atoms with van der Waals surface area (Å²) in [7, 11) is -1.82. The van der Waals surface area contributed by atoms with Crippen molar-refractivity contribution in [3.05, 3.63) is 12.4 Å². The molecule has 0 N–H and O–H groups in total. The number of hydrogen-bond acceptors (Lipinski definition) is 4. The van der Waals surface area contributed by atoms with E-state index in [-0.39, 0.29) is 16.7 Å². The number of aromatic nitrogens is 2. The van der Waals surface area contributed by atoms with Crippen LogP contribution in [-0.4, -0.2) is 59.5 Å². The van der Waals surface area contributed by atoms with Gasteiger partial charge >= 0.3 is 0 Å². The van der Waals surface area contributed by atoms with Crippen LogP contribution in [0.2, 0.25) is 0 Å². The fourth-order valence-electron chi connectivity index (χ4n) is 2.95. The maximum absolute atomic E-state index is 12.6. The van der Waals surface area contributed by atoms with E-state index in [1.807, 2.05) is 4.90 Å². The van der Waals surface area contributed by atoms with Gasteiger partial charge in [-0.1, -0.05) is 6.42 Å². The van der Waals surface area contributed by atoms with E-state index in [1.165, 1.54) is 21.4 Å². The highest BCUT2D eigenvalue weighted by Crippen LogP contribution is 2.28. The van der Waals surface area contributed by atoms with Crippen molar-refractivity contribution in [2.75, 3.05) is 26.2 Å². The van der Waals surface area contributed by atoms with E-state index in [2.05, 4.69) is 5.10 Å². The summed E-state index contributed by atoms with van der Waals surface area (Å²) in [6.07, 6.45) is 6.65.